The molecule has 1 aliphatic rings. The molecule has 0 N–H and O–H groups in total. The van der Waals surface area contributed by atoms with Crippen molar-refractivity contribution in [3.05, 3.63) is 54.0 Å². The van der Waals surface area contributed by atoms with Gasteiger partial charge in [0.1, 0.15) is 6.26 Å². The van der Waals surface area contributed by atoms with Crippen molar-refractivity contribution >= 4 is 0 Å². The minimum absolute atomic E-state index is 0.845. The van der Waals surface area contributed by atoms with E-state index < -0.39 is 0 Å². The first kappa shape index (κ1) is 9.00. The second kappa shape index (κ2) is 4.61. The van der Waals surface area contributed by atoms with Crippen LogP contribution in [0, 0.1) is 0 Å². The van der Waals surface area contributed by atoms with Gasteiger partial charge in [0, 0.05) is 12.5 Å². The highest BCUT2D eigenvalue weighted by molar-refractivity contribution is 5.28. The van der Waals surface area contributed by atoms with Crippen LogP contribution in [0.15, 0.2) is 52.8 Å². The Kier molecular flexibility index (Phi) is 2.96. The summed E-state index contributed by atoms with van der Waals surface area (Å²) in [5.41, 5.74) is 2.25. The molecule has 1 aromatic heterocycles. The average Bonchev–Trinajstić information content (AvgIpc) is 2.62. The molecule has 0 atom stereocenters. The Morgan fingerprint density at radius 1 is 1.29 bits per heavy atom. The zero-order valence-electron chi connectivity index (χ0n) is 8.02. The molecule has 1 aromatic rings. The third-order valence-corrected chi connectivity index (χ3v) is 2.15. The van der Waals surface area contributed by atoms with E-state index in [4.69, 9.17) is 4.52 Å². The molecule has 1 aliphatic carbocycles. The number of rotatable bonds is 2. The van der Waals surface area contributed by atoms with E-state index in [1.807, 2.05) is 6.07 Å². The Hall–Kier alpha value is -1.57. The van der Waals surface area contributed by atoms with Gasteiger partial charge in [-0.2, -0.15) is 0 Å². The molecule has 0 aliphatic heterocycles. The minimum Gasteiger partial charge on any atom is -0.365 e. The number of allylic oxidation sites excluding steroid dienone is 6. The standard InChI is InChI=1S/C12H13NO/c1-2-4-6-11(7-5-3-1)10-12-8-9-14-13-12/h2,4-9H,1,3,10H2/b4-2-,7-5-,11-6+. The van der Waals surface area contributed by atoms with E-state index in [-0.39, 0.29) is 0 Å². The number of aromatic nitrogens is 1. The van der Waals surface area contributed by atoms with Crippen LogP contribution in [0.1, 0.15) is 18.5 Å². The first-order chi connectivity index (χ1) is 6.95. The van der Waals surface area contributed by atoms with Crippen LogP contribution >= 0.6 is 0 Å². The summed E-state index contributed by atoms with van der Waals surface area (Å²) < 4.78 is 4.79. The maximum absolute atomic E-state index is 4.79. The van der Waals surface area contributed by atoms with Gasteiger partial charge in [-0.15, -0.1) is 0 Å². The highest BCUT2D eigenvalue weighted by Gasteiger charge is 1.99. The molecule has 0 bridgehead atoms. The van der Waals surface area contributed by atoms with Crippen molar-refractivity contribution in [2.24, 2.45) is 0 Å². The highest BCUT2D eigenvalue weighted by Crippen LogP contribution is 2.10. The lowest BCUT2D eigenvalue weighted by molar-refractivity contribution is 0.413. The van der Waals surface area contributed by atoms with Gasteiger partial charge in [0.2, 0.25) is 0 Å². The third kappa shape index (κ3) is 2.46. The van der Waals surface area contributed by atoms with Crippen molar-refractivity contribution in [2.75, 3.05) is 0 Å². The lowest BCUT2D eigenvalue weighted by Gasteiger charge is -1.99. The molecule has 1 heterocycles. The maximum Gasteiger partial charge on any atom is 0.124 e. The van der Waals surface area contributed by atoms with Gasteiger partial charge in [0.05, 0.1) is 5.69 Å². The fourth-order valence-electron chi connectivity index (χ4n) is 1.43. The topological polar surface area (TPSA) is 26.0 Å². The van der Waals surface area contributed by atoms with Crippen molar-refractivity contribution in [3.63, 3.8) is 0 Å². The molecule has 14 heavy (non-hydrogen) atoms. The van der Waals surface area contributed by atoms with Gasteiger partial charge in [0.15, 0.2) is 0 Å². The zero-order valence-corrected chi connectivity index (χ0v) is 8.02. The van der Waals surface area contributed by atoms with Crippen molar-refractivity contribution in [1.82, 2.24) is 5.16 Å². The Morgan fingerprint density at radius 2 is 2.21 bits per heavy atom. The van der Waals surface area contributed by atoms with Crippen LogP contribution in [0.25, 0.3) is 0 Å². The van der Waals surface area contributed by atoms with Crippen LogP contribution in [0.3, 0.4) is 0 Å². The molecule has 2 heteroatoms. The van der Waals surface area contributed by atoms with E-state index in [0.717, 1.165) is 25.0 Å². The number of hydrogen-bond donors (Lipinski definition) is 0. The molecule has 0 saturated carbocycles. The highest BCUT2D eigenvalue weighted by atomic mass is 16.5. The van der Waals surface area contributed by atoms with Crippen LogP contribution in [0.2, 0.25) is 0 Å². The van der Waals surface area contributed by atoms with Crippen LogP contribution in [-0.4, -0.2) is 5.16 Å². The van der Waals surface area contributed by atoms with Gasteiger partial charge >= 0.3 is 0 Å². The lowest BCUT2D eigenvalue weighted by atomic mass is 10.1. The summed E-state index contributed by atoms with van der Waals surface area (Å²) >= 11 is 0. The Bertz CT molecular complexity index is 358. The monoisotopic (exact) mass is 187 g/mol. The summed E-state index contributed by atoms with van der Waals surface area (Å²) in [6.07, 6.45) is 15.5. The molecule has 0 amide bonds. The smallest absolute Gasteiger partial charge is 0.124 e. The fourth-order valence-corrected chi connectivity index (χ4v) is 1.43. The van der Waals surface area contributed by atoms with Crippen LogP contribution in [-0.2, 0) is 6.42 Å². The average molecular weight is 187 g/mol. The van der Waals surface area contributed by atoms with E-state index in [1.165, 1.54) is 5.57 Å². The fraction of sp³-hybridized carbons (Fsp3) is 0.250. The minimum atomic E-state index is 0.845. The summed E-state index contributed by atoms with van der Waals surface area (Å²) in [6.45, 7) is 0. The van der Waals surface area contributed by atoms with Gasteiger partial charge in [-0.25, -0.2) is 0 Å². The summed E-state index contributed by atoms with van der Waals surface area (Å²) in [4.78, 5) is 0. The molecule has 2 nitrogen and oxygen atoms in total. The predicted molar refractivity (Wildman–Crippen MR) is 55.8 cm³/mol. The van der Waals surface area contributed by atoms with Gasteiger partial charge in [-0.1, -0.05) is 35.5 Å². The summed E-state index contributed by atoms with van der Waals surface area (Å²) in [5, 5.41) is 3.89. The van der Waals surface area contributed by atoms with Gasteiger partial charge in [-0.3, -0.25) is 0 Å². The quantitative estimate of drug-likeness (QED) is 0.711. The molecule has 0 unspecified atom stereocenters. The van der Waals surface area contributed by atoms with E-state index in [1.54, 1.807) is 6.26 Å². The van der Waals surface area contributed by atoms with Crippen molar-refractivity contribution in [3.8, 4) is 0 Å². The molecular formula is C12H13NO. The molecule has 0 saturated heterocycles. The van der Waals surface area contributed by atoms with Crippen LogP contribution in [0.4, 0.5) is 0 Å². The third-order valence-electron chi connectivity index (χ3n) is 2.15. The second-order valence-corrected chi connectivity index (χ2v) is 3.32. The summed E-state index contributed by atoms with van der Waals surface area (Å²) in [6, 6.07) is 1.90. The second-order valence-electron chi connectivity index (χ2n) is 3.32. The molecule has 72 valence electrons. The maximum atomic E-state index is 4.79. The molecule has 0 aromatic carbocycles. The van der Waals surface area contributed by atoms with E-state index >= 15 is 0 Å². The van der Waals surface area contributed by atoms with E-state index in [0.29, 0.717) is 0 Å². The molecular weight excluding hydrogens is 174 g/mol. The van der Waals surface area contributed by atoms with Crippen LogP contribution < -0.4 is 0 Å². The van der Waals surface area contributed by atoms with E-state index in [2.05, 4.69) is 35.5 Å². The molecule has 2 rings (SSSR count). The Morgan fingerprint density at radius 3 is 3.07 bits per heavy atom. The lowest BCUT2D eigenvalue weighted by Crippen LogP contribution is -1.88. The largest absolute Gasteiger partial charge is 0.365 e. The Labute approximate surface area is 83.6 Å². The molecule has 0 radical (unpaired) electrons. The number of hydrogen-bond acceptors (Lipinski definition) is 2. The van der Waals surface area contributed by atoms with Gasteiger partial charge in [0.25, 0.3) is 0 Å². The van der Waals surface area contributed by atoms with Crippen LogP contribution in [0.5, 0.6) is 0 Å². The molecule has 0 fully saturated rings. The van der Waals surface area contributed by atoms with Gasteiger partial charge < -0.3 is 4.52 Å². The van der Waals surface area contributed by atoms with Crippen molar-refractivity contribution in [2.45, 2.75) is 19.3 Å². The predicted octanol–water partition coefficient (Wildman–Crippen LogP) is 3.05. The first-order valence-corrected chi connectivity index (χ1v) is 4.86. The SMILES string of the molecule is C1=C/CC\C=C/C(Cc2ccon2)=C\1. The normalized spacial score (nSPS) is 24.4. The van der Waals surface area contributed by atoms with Gasteiger partial charge in [-0.05, 0) is 18.4 Å². The molecule has 0 spiro atoms. The first-order valence-electron chi connectivity index (χ1n) is 4.86. The van der Waals surface area contributed by atoms with E-state index in [9.17, 15) is 0 Å². The van der Waals surface area contributed by atoms with Crippen molar-refractivity contribution in [1.29, 1.82) is 0 Å². The zero-order chi connectivity index (χ0) is 9.64. The summed E-state index contributed by atoms with van der Waals surface area (Å²) in [7, 11) is 0. The van der Waals surface area contributed by atoms with Crippen molar-refractivity contribution < 1.29 is 4.52 Å². The Balaban J connectivity index is 2.09. The summed E-state index contributed by atoms with van der Waals surface area (Å²) in [5.74, 6) is 0. The number of nitrogens with zero attached hydrogens (tertiary/aromatic N) is 1.